The Hall–Kier alpha value is -1.17. The average Bonchev–Trinajstić information content (AvgIpc) is 2.98. The maximum atomic E-state index is 8.92. The second-order valence-corrected chi connectivity index (χ2v) is 4.70. The molecule has 0 bridgehead atoms. The number of likely N-dealkylation sites (N-methyl/N-ethyl adjacent to an activating group) is 1. The number of hydrogen-bond acceptors (Lipinski definition) is 5. The largest absolute Gasteiger partial charge is 0.395 e. The Morgan fingerprint density at radius 1 is 1.53 bits per heavy atom. The summed E-state index contributed by atoms with van der Waals surface area (Å²) in [6, 6.07) is 5.97. The van der Waals surface area contributed by atoms with E-state index in [2.05, 4.69) is 17.0 Å². The van der Waals surface area contributed by atoms with Gasteiger partial charge in [-0.05, 0) is 18.0 Å². The molecule has 0 aliphatic rings. The predicted molar refractivity (Wildman–Crippen MR) is 67.9 cm³/mol. The van der Waals surface area contributed by atoms with Gasteiger partial charge in [0.25, 0.3) is 0 Å². The van der Waals surface area contributed by atoms with Crippen molar-refractivity contribution in [2.75, 3.05) is 19.7 Å². The normalized spacial score (nSPS) is 11.2. The Morgan fingerprint density at radius 3 is 3.06 bits per heavy atom. The summed E-state index contributed by atoms with van der Waals surface area (Å²) in [5.74, 6) is 0.815. The molecule has 0 unspecified atom stereocenters. The van der Waals surface area contributed by atoms with Crippen LogP contribution in [-0.2, 0) is 6.54 Å². The van der Waals surface area contributed by atoms with Crippen LogP contribution in [0.1, 0.15) is 12.6 Å². The van der Waals surface area contributed by atoms with Crippen molar-refractivity contribution >= 4 is 11.3 Å². The minimum absolute atomic E-state index is 0.170. The number of aliphatic hydroxyl groups is 1. The SMILES string of the molecule is CCN(CCO)Cc1cc(-c2cccs2)on1. The average molecular weight is 252 g/mol. The highest BCUT2D eigenvalue weighted by atomic mass is 32.1. The summed E-state index contributed by atoms with van der Waals surface area (Å²) in [5.41, 5.74) is 0.906. The molecular formula is C12H16N2O2S. The van der Waals surface area contributed by atoms with Crippen LogP contribution in [0.25, 0.3) is 10.6 Å². The molecule has 0 aliphatic carbocycles. The Kier molecular flexibility index (Phi) is 4.30. The van der Waals surface area contributed by atoms with Crippen LogP contribution >= 0.6 is 11.3 Å². The van der Waals surface area contributed by atoms with Crippen LogP contribution in [0.15, 0.2) is 28.1 Å². The minimum Gasteiger partial charge on any atom is -0.395 e. The van der Waals surface area contributed by atoms with Crippen LogP contribution < -0.4 is 0 Å². The summed E-state index contributed by atoms with van der Waals surface area (Å²) < 4.78 is 5.30. The molecular weight excluding hydrogens is 236 g/mol. The van der Waals surface area contributed by atoms with Gasteiger partial charge in [-0.3, -0.25) is 4.90 Å². The van der Waals surface area contributed by atoms with Crippen LogP contribution in [-0.4, -0.2) is 34.9 Å². The molecule has 0 radical (unpaired) electrons. The van der Waals surface area contributed by atoms with Crippen molar-refractivity contribution in [3.63, 3.8) is 0 Å². The van der Waals surface area contributed by atoms with Gasteiger partial charge in [-0.15, -0.1) is 11.3 Å². The molecule has 2 aromatic rings. The van der Waals surface area contributed by atoms with E-state index < -0.39 is 0 Å². The first-order valence-electron chi connectivity index (χ1n) is 5.66. The fraction of sp³-hybridized carbons (Fsp3) is 0.417. The van der Waals surface area contributed by atoms with Crippen molar-refractivity contribution in [1.29, 1.82) is 0 Å². The Morgan fingerprint density at radius 2 is 2.41 bits per heavy atom. The highest BCUT2D eigenvalue weighted by Gasteiger charge is 2.10. The predicted octanol–water partition coefficient (Wildman–Crippen LogP) is 2.22. The molecule has 0 amide bonds. The Labute approximate surface area is 104 Å². The van der Waals surface area contributed by atoms with Gasteiger partial charge in [0.2, 0.25) is 0 Å². The van der Waals surface area contributed by atoms with E-state index in [1.807, 2.05) is 23.6 Å². The van der Waals surface area contributed by atoms with Crippen molar-refractivity contribution in [3.8, 4) is 10.6 Å². The lowest BCUT2D eigenvalue weighted by Crippen LogP contribution is -2.26. The van der Waals surface area contributed by atoms with Gasteiger partial charge < -0.3 is 9.63 Å². The van der Waals surface area contributed by atoms with Gasteiger partial charge in [0.15, 0.2) is 5.76 Å². The van der Waals surface area contributed by atoms with E-state index in [0.29, 0.717) is 13.1 Å². The number of nitrogens with zero attached hydrogens (tertiary/aromatic N) is 2. The van der Waals surface area contributed by atoms with Crippen LogP contribution in [0, 0.1) is 0 Å². The molecule has 4 nitrogen and oxygen atoms in total. The summed E-state index contributed by atoms with van der Waals surface area (Å²) in [7, 11) is 0. The number of rotatable bonds is 6. The van der Waals surface area contributed by atoms with E-state index in [-0.39, 0.29) is 6.61 Å². The maximum absolute atomic E-state index is 8.92. The first-order valence-corrected chi connectivity index (χ1v) is 6.54. The number of aromatic nitrogens is 1. The molecule has 2 aromatic heterocycles. The monoisotopic (exact) mass is 252 g/mol. The molecule has 2 rings (SSSR count). The zero-order valence-corrected chi connectivity index (χ0v) is 10.6. The highest BCUT2D eigenvalue weighted by molar-refractivity contribution is 7.13. The molecule has 5 heteroatoms. The van der Waals surface area contributed by atoms with Gasteiger partial charge in [0.1, 0.15) is 0 Å². The molecule has 92 valence electrons. The molecule has 0 saturated carbocycles. The van der Waals surface area contributed by atoms with Crippen molar-refractivity contribution in [2.45, 2.75) is 13.5 Å². The van der Waals surface area contributed by atoms with Gasteiger partial charge in [0, 0.05) is 19.2 Å². The second kappa shape index (κ2) is 5.95. The molecule has 0 fully saturated rings. The summed E-state index contributed by atoms with van der Waals surface area (Å²) in [6.07, 6.45) is 0. The summed E-state index contributed by atoms with van der Waals surface area (Å²) in [5, 5.41) is 15.0. The first kappa shape index (κ1) is 12.3. The van der Waals surface area contributed by atoms with Gasteiger partial charge in [-0.25, -0.2) is 0 Å². The molecule has 0 aliphatic heterocycles. The van der Waals surface area contributed by atoms with Gasteiger partial charge in [-0.2, -0.15) is 0 Å². The van der Waals surface area contributed by atoms with Crippen LogP contribution in [0.5, 0.6) is 0 Å². The van der Waals surface area contributed by atoms with Crippen molar-refractivity contribution in [3.05, 3.63) is 29.3 Å². The van der Waals surface area contributed by atoms with E-state index in [1.54, 1.807) is 11.3 Å². The van der Waals surface area contributed by atoms with Gasteiger partial charge >= 0.3 is 0 Å². The molecule has 0 spiro atoms. The van der Waals surface area contributed by atoms with E-state index in [1.165, 1.54) is 0 Å². The number of aliphatic hydroxyl groups excluding tert-OH is 1. The molecule has 17 heavy (non-hydrogen) atoms. The Balaban J connectivity index is 2.03. The van der Waals surface area contributed by atoms with Crippen LogP contribution in [0.4, 0.5) is 0 Å². The molecule has 2 heterocycles. The second-order valence-electron chi connectivity index (χ2n) is 3.75. The lowest BCUT2D eigenvalue weighted by Gasteiger charge is -2.16. The summed E-state index contributed by atoms with van der Waals surface area (Å²) >= 11 is 1.64. The molecule has 0 saturated heterocycles. The maximum Gasteiger partial charge on any atom is 0.177 e. The minimum atomic E-state index is 0.170. The quantitative estimate of drug-likeness (QED) is 0.856. The van der Waals surface area contributed by atoms with E-state index in [4.69, 9.17) is 9.63 Å². The number of hydrogen-bond donors (Lipinski definition) is 1. The zero-order valence-electron chi connectivity index (χ0n) is 9.80. The van der Waals surface area contributed by atoms with Crippen molar-refractivity contribution < 1.29 is 9.63 Å². The summed E-state index contributed by atoms with van der Waals surface area (Å²) in [4.78, 5) is 3.21. The fourth-order valence-corrected chi connectivity index (χ4v) is 2.31. The summed E-state index contributed by atoms with van der Waals surface area (Å²) in [6.45, 7) is 4.50. The smallest absolute Gasteiger partial charge is 0.177 e. The lowest BCUT2D eigenvalue weighted by atomic mass is 10.3. The van der Waals surface area contributed by atoms with Crippen LogP contribution in [0.3, 0.4) is 0 Å². The molecule has 1 N–H and O–H groups in total. The Bertz CT molecular complexity index is 439. The zero-order chi connectivity index (χ0) is 12.1. The first-order chi connectivity index (χ1) is 8.33. The third kappa shape index (κ3) is 3.15. The fourth-order valence-electron chi connectivity index (χ4n) is 1.64. The van der Waals surface area contributed by atoms with Crippen molar-refractivity contribution in [2.24, 2.45) is 0 Å². The van der Waals surface area contributed by atoms with E-state index in [9.17, 15) is 0 Å². The molecule has 0 aromatic carbocycles. The number of thiophene rings is 1. The third-order valence-corrected chi connectivity index (χ3v) is 3.46. The van der Waals surface area contributed by atoms with E-state index in [0.717, 1.165) is 22.9 Å². The van der Waals surface area contributed by atoms with Crippen molar-refractivity contribution in [1.82, 2.24) is 10.1 Å². The van der Waals surface area contributed by atoms with E-state index >= 15 is 0 Å². The van der Waals surface area contributed by atoms with Crippen LogP contribution in [0.2, 0.25) is 0 Å². The highest BCUT2D eigenvalue weighted by Crippen LogP contribution is 2.25. The van der Waals surface area contributed by atoms with Gasteiger partial charge in [0.05, 0.1) is 17.2 Å². The topological polar surface area (TPSA) is 49.5 Å². The standard InChI is InChI=1S/C12H16N2O2S/c1-2-14(5-6-15)9-10-8-11(16-13-10)12-4-3-7-17-12/h3-4,7-8,15H,2,5-6,9H2,1H3. The molecule has 0 atom stereocenters. The van der Waals surface area contributed by atoms with Gasteiger partial charge in [-0.1, -0.05) is 18.1 Å². The third-order valence-electron chi connectivity index (χ3n) is 2.57. The lowest BCUT2D eigenvalue weighted by molar-refractivity contribution is 0.193.